The van der Waals surface area contributed by atoms with E-state index in [1.54, 1.807) is 26.0 Å². The Morgan fingerprint density at radius 2 is 1.89 bits per heavy atom. The molecule has 10 heteroatoms. The van der Waals surface area contributed by atoms with Crippen molar-refractivity contribution in [3.05, 3.63) is 115 Å². The molecule has 0 unspecified atom stereocenters. The SMILES string of the molecule is CCOC(=O)C1=C(C)N=c2sc(=Cc3ccc(-c4cccc(C(F)(F)F)c4)o3)c(=O)n2[C@H]1c1ccccc1. The van der Waals surface area contributed by atoms with Gasteiger partial charge >= 0.3 is 12.1 Å². The highest BCUT2D eigenvalue weighted by molar-refractivity contribution is 7.07. The van der Waals surface area contributed by atoms with Crippen LogP contribution in [0.5, 0.6) is 0 Å². The zero-order valence-electron chi connectivity index (χ0n) is 20.3. The summed E-state index contributed by atoms with van der Waals surface area (Å²) in [6, 6.07) is 16.4. The number of thiazole rings is 1. The van der Waals surface area contributed by atoms with Gasteiger partial charge in [0.2, 0.25) is 0 Å². The van der Waals surface area contributed by atoms with Gasteiger partial charge in [-0.05, 0) is 43.7 Å². The summed E-state index contributed by atoms with van der Waals surface area (Å²) in [5.41, 5.74) is 0.558. The number of hydrogen-bond acceptors (Lipinski definition) is 6. The summed E-state index contributed by atoms with van der Waals surface area (Å²) in [7, 11) is 0. The second-order valence-corrected chi connectivity index (χ2v) is 9.50. The number of aromatic nitrogens is 1. The first-order valence-electron chi connectivity index (χ1n) is 11.7. The summed E-state index contributed by atoms with van der Waals surface area (Å²) in [4.78, 5) is 31.4. The van der Waals surface area contributed by atoms with Gasteiger partial charge in [0.05, 0.1) is 34.0 Å². The Labute approximate surface area is 218 Å². The average Bonchev–Trinajstić information content (AvgIpc) is 3.48. The molecule has 1 aliphatic heterocycles. The van der Waals surface area contributed by atoms with E-state index in [2.05, 4.69) is 4.99 Å². The van der Waals surface area contributed by atoms with Gasteiger partial charge in [0, 0.05) is 11.6 Å². The van der Waals surface area contributed by atoms with Crippen LogP contribution in [-0.4, -0.2) is 17.1 Å². The summed E-state index contributed by atoms with van der Waals surface area (Å²) in [6.45, 7) is 3.58. The number of alkyl halides is 3. The van der Waals surface area contributed by atoms with E-state index in [1.807, 2.05) is 30.3 Å². The van der Waals surface area contributed by atoms with E-state index in [1.165, 1.54) is 22.8 Å². The maximum absolute atomic E-state index is 13.6. The van der Waals surface area contributed by atoms with Gasteiger partial charge < -0.3 is 9.15 Å². The predicted molar refractivity (Wildman–Crippen MR) is 136 cm³/mol. The maximum atomic E-state index is 13.6. The molecule has 4 aromatic rings. The Kier molecular flexibility index (Phi) is 6.66. The van der Waals surface area contributed by atoms with Crippen LogP contribution < -0.4 is 14.9 Å². The number of esters is 1. The van der Waals surface area contributed by atoms with Crippen molar-refractivity contribution in [2.75, 3.05) is 6.61 Å². The molecule has 0 spiro atoms. The molecule has 0 radical (unpaired) electrons. The first-order chi connectivity index (χ1) is 18.2. The molecule has 0 aliphatic carbocycles. The maximum Gasteiger partial charge on any atom is 0.416 e. The number of allylic oxidation sites excluding steroid dienone is 1. The third kappa shape index (κ3) is 4.74. The van der Waals surface area contributed by atoms with E-state index in [0.29, 0.717) is 20.8 Å². The van der Waals surface area contributed by atoms with Gasteiger partial charge in [-0.25, -0.2) is 9.79 Å². The van der Waals surface area contributed by atoms with Crippen LogP contribution in [0, 0.1) is 0 Å². The molecule has 194 valence electrons. The highest BCUT2D eigenvalue weighted by atomic mass is 32.1. The van der Waals surface area contributed by atoms with Crippen molar-refractivity contribution in [2.45, 2.75) is 26.1 Å². The van der Waals surface area contributed by atoms with Crippen molar-refractivity contribution in [1.29, 1.82) is 0 Å². The number of nitrogens with zero attached hydrogens (tertiary/aromatic N) is 2. The molecule has 0 amide bonds. The number of carbonyl (C=O) groups is 1. The largest absolute Gasteiger partial charge is 0.463 e. The van der Waals surface area contributed by atoms with Crippen molar-refractivity contribution in [3.8, 4) is 11.3 Å². The van der Waals surface area contributed by atoms with Gasteiger partial charge in [-0.3, -0.25) is 9.36 Å². The molecular formula is C28H21F3N2O4S. The minimum atomic E-state index is -4.48. The fourth-order valence-electron chi connectivity index (χ4n) is 4.31. The van der Waals surface area contributed by atoms with Gasteiger partial charge in [0.25, 0.3) is 5.56 Å². The Bertz CT molecular complexity index is 1730. The smallest absolute Gasteiger partial charge is 0.416 e. The van der Waals surface area contributed by atoms with Crippen LogP contribution in [0.15, 0.2) is 92.2 Å². The van der Waals surface area contributed by atoms with Crippen molar-refractivity contribution in [3.63, 3.8) is 0 Å². The fourth-order valence-corrected chi connectivity index (χ4v) is 5.33. The molecule has 38 heavy (non-hydrogen) atoms. The lowest BCUT2D eigenvalue weighted by Gasteiger charge is -2.24. The first-order valence-corrected chi connectivity index (χ1v) is 12.5. The second kappa shape index (κ2) is 9.94. The number of hydrogen-bond donors (Lipinski definition) is 0. The average molecular weight is 539 g/mol. The third-order valence-corrected chi connectivity index (χ3v) is 6.99. The van der Waals surface area contributed by atoms with E-state index in [4.69, 9.17) is 9.15 Å². The van der Waals surface area contributed by atoms with Crippen LogP contribution in [0.2, 0.25) is 0 Å². The number of carbonyl (C=O) groups excluding carboxylic acids is 1. The van der Waals surface area contributed by atoms with Crippen molar-refractivity contribution in [2.24, 2.45) is 4.99 Å². The van der Waals surface area contributed by atoms with E-state index in [9.17, 15) is 22.8 Å². The molecule has 1 aliphatic rings. The van der Waals surface area contributed by atoms with Gasteiger partial charge in [-0.15, -0.1) is 0 Å². The monoisotopic (exact) mass is 538 g/mol. The Morgan fingerprint density at radius 1 is 1.13 bits per heavy atom. The fraction of sp³-hybridized carbons (Fsp3) is 0.179. The Balaban J connectivity index is 1.60. The molecular weight excluding hydrogens is 517 g/mol. The molecule has 0 saturated carbocycles. The summed E-state index contributed by atoms with van der Waals surface area (Å²) < 4.78 is 52.2. The normalized spacial score (nSPS) is 15.8. The van der Waals surface area contributed by atoms with E-state index in [-0.39, 0.29) is 29.1 Å². The van der Waals surface area contributed by atoms with Crippen LogP contribution in [0.1, 0.15) is 36.8 Å². The minimum absolute atomic E-state index is 0.175. The van der Waals surface area contributed by atoms with Crippen LogP contribution in [0.4, 0.5) is 13.2 Å². The summed E-state index contributed by atoms with van der Waals surface area (Å²) in [5, 5.41) is 0. The van der Waals surface area contributed by atoms with Gasteiger partial charge in [-0.2, -0.15) is 13.2 Å². The molecule has 0 saturated heterocycles. The topological polar surface area (TPSA) is 73.8 Å². The summed E-state index contributed by atoms with van der Waals surface area (Å²) in [6.07, 6.45) is -2.96. The number of ether oxygens (including phenoxy) is 1. The second-order valence-electron chi connectivity index (χ2n) is 8.49. The summed E-state index contributed by atoms with van der Waals surface area (Å²) >= 11 is 1.13. The predicted octanol–water partition coefficient (Wildman–Crippen LogP) is 5.08. The van der Waals surface area contributed by atoms with E-state index >= 15 is 0 Å². The highest BCUT2D eigenvalue weighted by Gasteiger charge is 2.33. The molecule has 2 aromatic carbocycles. The van der Waals surface area contributed by atoms with Gasteiger partial charge in [0.15, 0.2) is 4.80 Å². The van der Waals surface area contributed by atoms with Crippen LogP contribution in [0.25, 0.3) is 17.4 Å². The van der Waals surface area contributed by atoms with Crippen molar-refractivity contribution in [1.82, 2.24) is 4.57 Å². The molecule has 1 atom stereocenters. The lowest BCUT2D eigenvalue weighted by atomic mass is 9.96. The van der Waals surface area contributed by atoms with Gasteiger partial charge in [-0.1, -0.05) is 53.8 Å². The standard InChI is InChI=1S/C28H21F3N2O4S/c1-3-36-26(35)23-16(2)32-27-33(24(23)17-8-5-4-6-9-17)25(34)22(38-27)15-20-12-13-21(37-20)18-10-7-11-19(14-18)28(29,30)31/h4-15,24H,3H2,1-2H3/t24-/m0/s1. The zero-order chi connectivity index (χ0) is 27.0. The van der Waals surface area contributed by atoms with Crippen LogP contribution in [0.3, 0.4) is 0 Å². The molecule has 6 nitrogen and oxygen atoms in total. The van der Waals surface area contributed by atoms with Crippen LogP contribution in [-0.2, 0) is 15.7 Å². The molecule has 0 fully saturated rings. The van der Waals surface area contributed by atoms with E-state index in [0.717, 1.165) is 29.0 Å². The highest BCUT2D eigenvalue weighted by Crippen LogP contribution is 2.33. The zero-order valence-corrected chi connectivity index (χ0v) is 21.1. The van der Waals surface area contributed by atoms with Crippen molar-refractivity contribution >= 4 is 23.4 Å². The van der Waals surface area contributed by atoms with Crippen molar-refractivity contribution < 1.29 is 27.1 Å². The Morgan fingerprint density at radius 3 is 2.61 bits per heavy atom. The first kappa shape index (κ1) is 25.5. The molecule has 0 N–H and O–H groups in total. The number of rotatable bonds is 5. The number of benzene rings is 2. The number of furan rings is 1. The van der Waals surface area contributed by atoms with E-state index < -0.39 is 23.8 Å². The Hall–Kier alpha value is -4.18. The molecule has 5 rings (SSSR count). The lowest BCUT2D eigenvalue weighted by Crippen LogP contribution is -2.39. The summed E-state index contributed by atoms with van der Waals surface area (Å²) in [5.74, 6) is -0.0216. The molecule has 3 heterocycles. The lowest BCUT2D eigenvalue weighted by molar-refractivity contribution is -0.139. The minimum Gasteiger partial charge on any atom is -0.463 e. The molecule has 2 aromatic heterocycles. The number of fused-ring (bicyclic) bond motifs is 1. The number of halogens is 3. The molecule has 0 bridgehead atoms. The van der Waals surface area contributed by atoms with Crippen LogP contribution >= 0.6 is 11.3 Å². The third-order valence-electron chi connectivity index (χ3n) is 6.01. The quantitative estimate of drug-likeness (QED) is 0.333. The van der Waals surface area contributed by atoms with Gasteiger partial charge in [0.1, 0.15) is 11.5 Å².